The van der Waals surface area contributed by atoms with Crippen molar-refractivity contribution in [2.24, 2.45) is 0 Å². The Morgan fingerprint density at radius 3 is 2.74 bits per heavy atom. The molecule has 0 fully saturated rings. The van der Waals surface area contributed by atoms with Gasteiger partial charge in [0.1, 0.15) is 0 Å². The number of Topliss-reactive ketones (excluding diaryl/α,β-unsaturated/α-hetero) is 1. The zero-order chi connectivity index (χ0) is 13.2. The first-order chi connectivity index (χ1) is 9.22. The SMILES string of the molecule is Cc1ccc(CC(=O)c2ccc3c(c2)NCC3)cc1. The molecule has 1 N–H and O–H groups in total. The second-order valence-electron chi connectivity index (χ2n) is 5.13. The molecule has 2 nitrogen and oxygen atoms in total. The van der Waals surface area contributed by atoms with Crippen molar-refractivity contribution in [1.29, 1.82) is 0 Å². The van der Waals surface area contributed by atoms with Gasteiger partial charge in [0, 0.05) is 24.2 Å². The molecule has 0 unspecified atom stereocenters. The molecule has 0 aliphatic carbocycles. The third-order valence-electron chi connectivity index (χ3n) is 3.63. The van der Waals surface area contributed by atoms with Crippen molar-refractivity contribution in [1.82, 2.24) is 0 Å². The summed E-state index contributed by atoms with van der Waals surface area (Å²) in [6.45, 7) is 3.03. The van der Waals surface area contributed by atoms with E-state index in [1.807, 2.05) is 36.4 Å². The summed E-state index contributed by atoms with van der Waals surface area (Å²) < 4.78 is 0. The van der Waals surface area contributed by atoms with Crippen LogP contribution in [0.4, 0.5) is 5.69 Å². The van der Waals surface area contributed by atoms with Crippen LogP contribution in [0.1, 0.15) is 27.0 Å². The maximum atomic E-state index is 12.3. The molecule has 1 aliphatic heterocycles. The zero-order valence-corrected chi connectivity index (χ0v) is 11.1. The number of hydrogen-bond donors (Lipinski definition) is 1. The van der Waals surface area contributed by atoms with Crippen molar-refractivity contribution in [2.75, 3.05) is 11.9 Å². The second kappa shape index (κ2) is 4.88. The maximum absolute atomic E-state index is 12.3. The summed E-state index contributed by atoms with van der Waals surface area (Å²) in [6, 6.07) is 14.1. The van der Waals surface area contributed by atoms with E-state index in [-0.39, 0.29) is 5.78 Å². The minimum Gasteiger partial charge on any atom is -0.384 e. The highest BCUT2D eigenvalue weighted by Crippen LogP contribution is 2.23. The number of nitrogens with one attached hydrogen (secondary N) is 1. The molecule has 1 aliphatic rings. The number of benzene rings is 2. The Labute approximate surface area is 113 Å². The highest BCUT2D eigenvalue weighted by Gasteiger charge is 2.13. The molecule has 2 aromatic rings. The van der Waals surface area contributed by atoms with Gasteiger partial charge in [-0.05, 0) is 30.5 Å². The van der Waals surface area contributed by atoms with Crippen LogP contribution in [0.5, 0.6) is 0 Å². The minimum absolute atomic E-state index is 0.181. The van der Waals surface area contributed by atoms with Gasteiger partial charge in [-0.2, -0.15) is 0 Å². The fourth-order valence-corrected chi connectivity index (χ4v) is 2.46. The smallest absolute Gasteiger partial charge is 0.167 e. The summed E-state index contributed by atoms with van der Waals surface area (Å²) in [6.07, 6.45) is 1.53. The van der Waals surface area contributed by atoms with Crippen molar-refractivity contribution in [3.05, 3.63) is 64.7 Å². The molecule has 2 aromatic carbocycles. The van der Waals surface area contributed by atoms with E-state index >= 15 is 0 Å². The van der Waals surface area contributed by atoms with Crippen LogP contribution in [0.15, 0.2) is 42.5 Å². The third-order valence-corrected chi connectivity index (χ3v) is 3.63. The Morgan fingerprint density at radius 2 is 1.95 bits per heavy atom. The molecule has 0 spiro atoms. The van der Waals surface area contributed by atoms with Gasteiger partial charge in [0.25, 0.3) is 0 Å². The lowest BCUT2D eigenvalue weighted by Crippen LogP contribution is -2.04. The quantitative estimate of drug-likeness (QED) is 0.847. The Bertz CT molecular complexity index is 614. The summed E-state index contributed by atoms with van der Waals surface area (Å²) in [5, 5.41) is 3.31. The van der Waals surface area contributed by atoms with Gasteiger partial charge in [-0.3, -0.25) is 4.79 Å². The van der Waals surface area contributed by atoms with Crippen molar-refractivity contribution < 1.29 is 4.79 Å². The minimum atomic E-state index is 0.181. The van der Waals surface area contributed by atoms with E-state index in [0.29, 0.717) is 6.42 Å². The Hall–Kier alpha value is -2.09. The molecule has 0 aromatic heterocycles. The van der Waals surface area contributed by atoms with Crippen LogP contribution in [-0.4, -0.2) is 12.3 Å². The Morgan fingerprint density at radius 1 is 1.16 bits per heavy atom. The van der Waals surface area contributed by atoms with Crippen LogP contribution < -0.4 is 5.32 Å². The highest BCUT2D eigenvalue weighted by molar-refractivity contribution is 5.98. The number of anilines is 1. The van der Waals surface area contributed by atoms with Crippen LogP contribution in [0.2, 0.25) is 0 Å². The van der Waals surface area contributed by atoms with Crippen LogP contribution in [0.25, 0.3) is 0 Å². The van der Waals surface area contributed by atoms with Crippen molar-refractivity contribution in [3.63, 3.8) is 0 Å². The lowest BCUT2D eigenvalue weighted by Gasteiger charge is -2.05. The summed E-state index contributed by atoms with van der Waals surface area (Å²) in [4.78, 5) is 12.3. The summed E-state index contributed by atoms with van der Waals surface area (Å²) in [5.74, 6) is 0.181. The van der Waals surface area contributed by atoms with E-state index in [1.165, 1.54) is 11.1 Å². The van der Waals surface area contributed by atoms with Gasteiger partial charge < -0.3 is 5.32 Å². The molecule has 19 heavy (non-hydrogen) atoms. The second-order valence-corrected chi connectivity index (χ2v) is 5.13. The first kappa shape index (κ1) is 12.0. The molecule has 0 radical (unpaired) electrons. The van der Waals surface area contributed by atoms with E-state index < -0.39 is 0 Å². The molecular weight excluding hydrogens is 234 g/mol. The van der Waals surface area contributed by atoms with Crippen LogP contribution in [-0.2, 0) is 12.8 Å². The molecule has 1 heterocycles. The zero-order valence-electron chi connectivity index (χ0n) is 11.1. The molecular formula is C17H17NO. The maximum Gasteiger partial charge on any atom is 0.167 e. The molecule has 0 saturated heterocycles. The highest BCUT2D eigenvalue weighted by atomic mass is 16.1. The number of carbonyl (C=O) groups excluding carboxylic acids is 1. The molecule has 2 heteroatoms. The monoisotopic (exact) mass is 251 g/mol. The van der Waals surface area contributed by atoms with Gasteiger partial charge in [0.05, 0.1) is 0 Å². The fraction of sp³-hybridized carbons (Fsp3) is 0.235. The lowest BCUT2D eigenvalue weighted by molar-refractivity contribution is 0.0993. The van der Waals surface area contributed by atoms with Gasteiger partial charge in [-0.1, -0.05) is 42.0 Å². The summed E-state index contributed by atoms with van der Waals surface area (Å²) >= 11 is 0. The first-order valence-corrected chi connectivity index (χ1v) is 6.68. The Balaban J connectivity index is 1.78. The largest absolute Gasteiger partial charge is 0.384 e. The van der Waals surface area contributed by atoms with Gasteiger partial charge >= 0.3 is 0 Å². The van der Waals surface area contributed by atoms with E-state index in [9.17, 15) is 4.79 Å². The van der Waals surface area contributed by atoms with E-state index in [2.05, 4.69) is 18.3 Å². The molecule has 0 amide bonds. The standard InChI is InChI=1S/C17H17NO/c1-12-2-4-13(5-3-12)10-17(19)15-7-6-14-8-9-18-16(14)11-15/h2-7,11,18H,8-10H2,1H3. The first-order valence-electron chi connectivity index (χ1n) is 6.68. The molecule has 96 valence electrons. The van der Waals surface area contributed by atoms with Crippen LogP contribution in [0, 0.1) is 6.92 Å². The van der Waals surface area contributed by atoms with Crippen molar-refractivity contribution in [3.8, 4) is 0 Å². The number of aryl methyl sites for hydroxylation is 1. The number of fused-ring (bicyclic) bond motifs is 1. The Kier molecular flexibility index (Phi) is 3.08. The fourth-order valence-electron chi connectivity index (χ4n) is 2.46. The van der Waals surface area contributed by atoms with Gasteiger partial charge in [0.15, 0.2) is 5.78 Å². The van der Waals surface area contributed by atoms with Gasteiger partial charge in [-0.25, -0.2) is 0 Å². The topological polar surface area (TPSA) is 29.1 Å². The average Bonchev–Trinajstić information content (AvgIpc) is 2.88. The van der Waals surface area contributed by atoms with Gasteiger partial charge in [0.2, 0.25) is 0 Å². The van der Waals surface area contributed by atoms with Gasteiger partial charge in [-0.15, -0.1) is 0 Å². The summed E-state index contributed by atoms with van der Waals surface area (Å²) in [7, 11) is 0. The van der Waals surface area contributed by atoms with Crippen molar-refractivity contribution in [2.45, 2.75) is 19.8 Å². The van der Waals surface area contributed by atoms with Crippen LogP contribution >= 0.6 is 0 Å². The number of hydrogen-bond acceptors (Lipinski definition) is 2. The summed E-state index contributed by atoms with van der Waals surface area (Å²) in [5.41, 5.74) is 5.53. The average molecular weight is 251 g/mol. The molecule has 3 rings (SSSR count). The third kappa shape index (κ3) is 2.53. The number of rotatable bonds is 3. The predicted molar refractivity (Wildman–Crippen MR) is 77.8 cm³/mol. The number of carbonyl (C=O) groups is 1. The molecule has 0 bridgehead atoms. The van der Waals surface area contributed by atoms with E-state index in [1.54, 1.807) is 0 Å². The van der Waals surface area contributed by atoms with Crippen molar-refractivity contribution >= 4 is 11.5 Å². The van der Waals surface area contributed by atoms with Crippen LogP contribution in [0.3, 0.4) is 0 Å². The molecule has 0 saturated carbocycles. The normalized spacial score (nSPS) is 12.9. The number of ketones is 1. The lowest BCUT2D eigenvalue weighted by atomic mass is 10.0. The molecule has 0 atom stereocenters. The van der Waals surface area contributed by atoms with E-state index in [4.69, 9.17) is 0 Å². The van der Waals surface area contributed by atoms with E-state index in [0.717, 1.165) is 29.8 Å². The predicted octanol–water partition coefficient (Wildman–Crippen LogP) is 3.39.